The highest BCUT2D eigenvalue weighted by Crippen LogP contribution is 2.22. The maximum Gasteiger partial charge on any atom is 0.0482 e. The lowest BCUT2D eigenvalue weighted by molar-refractivity contribution is 0.591. The second-order valence-electron chi connectivity index (χ2n) is 4.60. The van der Waals surface area contributed by atoms with Gasteiger partial charge in [-0.05, 0) is 38.6 Å². The van der Waals surface area contributed by atoms with Crippen LogP contribution in [0.3, 0.4) is 0 Å². The van der Waals surface area contributed by atoms with Crippen LogP contribution in [-0.2, 0) is 13.5 Å². The van der Waals surface area contributed by atoms with Gasteiger partial charge in [0, 0.05) is 36.1 Å². The molecule has 0 aliphatic carbocycles. The topological polar surface area (TPSA) is 17.0 Å². The largest absolute Gasteiger partial charge is 0.348 e. The third-order valence-corrected chi connectivity index (χ3v) is 3.41. The van der Waals surface area contributed by atoms with Gasteiger partial charge in [0.15, 0.2) is 0 Å². The Balaban J connectivity index is 2.48. The van der Waals surface area contributed by atoms with Crippen molar-refractivity contribution < 1.29 is 0 Å². The fraction of sp³-hybridized carbons (Fsp3) is 0.429. The number of nitrogens with zero attached hydrogens (tertiary/aromatic N) is 1. The van der Waals surface area contributed by atoms with E-state index in [-0.39, 0.29) is 0 Å². The number of likely N-dealkylation sites (N-methyl/N-ethyl adjacent to an activating group) is 1. The first-order valence-electron chi connectivity index (χ1n) is 5.84. The summed E-state index contributed by atoms with van der Waals surface area (Å²) in [7, 11) is 4.16. The Kier molecular flexibility index (Phi) is 3.01. The average Bonchev–Trinajstić information content (AvgIpc) is 2.58. The van der Waals surface area contributed by atoms with E-state index in [2.05, 4.69) is 55.0 Å². The van der Waals surface area contributed by atoms with Crippen molar-refractivity contribution in [2.24, 2.45) is 7.05 Å². The lowest BCUT2D eigenvalue weighted by Crippen LogP contribution is -2.24. The first kappa shape index (κ1) is 11.2. The SMILES string of the molecule is CNC(C)Cc1cc2c(C)cccc2n1C. The van der Waals surface area contributed by atoms with Crippen molar-refractivity contribution in [3.8, 4) is 0 Å². The monoisotopic (exact) mass is 216 g/mol. The Bertz CT molecular complexity index is 497. The van der Waals surface area contributed by atoms with Crippen LogP contribution in [0.25, 0.3) is 10.9 Å². The number of fused-ring (bicyclic) bond motifs is 1. The molecule has 2 nitrogen and oxygen atoms in total. The molecular formula is C14H20N2. The number of benzene rings is 1. The molecule has 0 saturated heterocycles. The van der Waals surface area contributed by atoms with Crippen LogP contribution < -0.4 is 5.32 Å². The van der Waals surface area contributed by atoms with E-state index in [9.17, 15) is 0 Å². The predicted molar refractivity (Wildman–Crippen MR) is 69.9 cm³/mol. The van der Waals surface area contributed by atoms with Crippen LogP contribution >= 0.6 is 0 Å². The molecule has 0 spiro atoms. The zero-order valence-electron chi connectivity index (χ0n) is 10.5. The molecule has 2 aromatic rings. The van der Waals surface area contributed by atoms with E-state index in [4.69, 9.17) is 0 Å². The summed E-state index contributed by atoms with van der Waals surface area (Å²) in [6, 6.07) is 9.33. The third-order valence-electron chi connectivity index (χ3n) is 3.41. The van der Waals surface area contributed by atoms with E-state index in [0.29, 0.717) is 6.04 Å². The summed E-state index contributed by atoms with van der Waals surface area (Å²) in [4.78, 5) is 0. The van der Waals surface area contributed by atoms with Gasteiger partial charge in [0.25, 0.3) is 0 Å². The fourth-order valence-corrected chi connectivity index (χ4v) is 2.18. The molecule has 0 aliphatic heterocycles. The summed E-state index contributed by atoms with van der Waals surface area (Å²) < 4.78 is 2.30. The molecular weight excluding hydrogens is 196 g/mol. The zero-order valence-corrected chi connectivity index (χ0v) is 10.5. The Morgan fingerprint density at radius 2 is 2.12 bits per heavy atom. The molecule has 1 aromatic carbocycles. The fourth-order valence-electron chi connectivity index (χ4n) is 2.18. The second kappa shape index (κ2) is 4.30. The number of nitrogens with one attached hydrogen (secondary N) is 1. The van der Waals surface area contributed by atoms with Gasteiger partial charge in [0.2, 0.25) is 0 Å². The average molecular weight is 216 g/mol. The van der Waals surface area contributed by atoms with E-state index in [1.54, 1.807) is 0 Å². The minimum atomic E-state index is 0.517. The molecule has 1 heterocycles. The second-order valence-corrected chi connectivity index (χ2v) is 4.60. The van der Waals surface area contributed by atoms with Gasteiger partial charge in [0.1, 0.15) is 0 Å². The van der Waals surface area contributed by atoms with Gasteiger partial charge < -0.3 is 9.88 Å². The highest BCUT2D eigenvalue weighted by Gasteiger charge is 2.09. The molecule has 1 N–H and O–H groups in total. The quantitative estimate of drug-likeness (QED) is 0.834. The smallest absolute Gasteiger partial charge is 0.0482 e. The lowest BCUT2D eigenvalue weighted by Gasteiger charge is -2.10. The van der Waals surface area contributed by atoms with Gasteiger partial charge in [-0.15, -0.1) is 0 Å². The van der Waals surface area contributed by atoms with Crippen molar-refractivity contribution in [2.75, 3.05) is 7.05 Å². The molecule has 2 heteroatoms. The summed E-state index contributed by atoms with van der Waals surface area (Å²) in [6.07, 6.45) is 1.07. The number of rotatable bonds is 3. The normalized spacial score (nSPS) is 13.2. The summed E-state index contributed by atoms with van der Waals surface area (Å²) in [5.41, 5.74) is 4.08. The lowest BCUT2D eigenvalue weighted by atomic mass is 10.1. The first-order chi connectivity index (χ1) is 7.63. The molecule has 0 fully saturated rings. The van der Waals surface area contributed by atoms with Crippen LogP contribution in [0.4, 0.5) is 0 Å². The van der Waals surface area contributed by atoms with Crippen molar-refractivity contribution in [1.82, 2.24) is 9.88 Å². The summed E-state index contributed by atoms with van der Waals surface area (Å²) in [5, 5.41) is 4.66. The van der Waals surface area contributed by atoms with Gasteiger partial charge in [-0.1, -0.05) is 12.1 Å². The molecule has 1 unspecified atom stereocenters. The third kappa shape index (κ3) is 1.85. The van der Waals surface area contributed by atoms with Crippen molar-refractivity contribution in [2.45, 2.75) is 26.3 Å². The van der Waals surface area contributed by atoms with E-state index in [1.807, 2.05) is 7.05 Å². The summed E-state index contributed by atoms with van der Waals surface area (Å²) in [5.74, 6) is 0. The maximum absolute atomic E-state index is 3.29. The van der Waals surface area contributed by atoms with Crippen LogP contribution in [0.2, 0.25) is 0 Å². The van der Waals surface area contributed by atoms with Crippen LogP contribution in [-0.4, -0.2) is 17.7 Å². The zero-order chi connectivity index (χ0) is 11.7. The van der Waals surface area contributed by atoms with Gasteiger partial charge in [-0.2, -0.15) is 0 Å². The Morgan fingerprint density at radius 3 is 2.75 bits per heavy atom. The number of hydrogen-bond acceptors (Lipinski definition) is 1. The van der Waals surface area contributed by atoms with Gasteiger partial charge in [-0.25, -0.2) is 0 Å². The van der Waals surface area contributed by atoms with Gasteiger partial charge >= 0.3 is 0 Å². The number of aryl methyl sites for hydroxylation is 2. The van der Waals surface area contributed by atoms with Crippen LogP contribution in [0.1, 0.15) is 18.2 Å². The van der Waals surface area contributed by atoms with E-state index >= 15 is 0 Å². The van der Waals surface area contributed by atoms with Gasteiger partial charge in [-0.3, -0.25) is 0 Å². The van der Waals surface area contributed by atoms with Crippen molar-refractivity contribution in [3.05, 3.63) is 35.5 Å². The summed E-state index contributed by atoms with van der Waals surface area (Å²) >= 11 is 0. The van der Waals surface area contributed by atoms with Crippen LogP contribution in [0.5, 0.6) is 0 Å². The molecule has 86 valence electrons. The van der Waals surface area contributed by atoms with E-state index in [0.717, 1.165) is 6.42 Å². The van der Waals surface area contributed by atoms with E-state index < -0.39 is 0 Å². The number of hydrogen-bond donors (Lipinski definition) is 1. The van der Waals surface area contributed by atoms with E-state index in [1.165, 1.54) is 22.2 Å². The predicted octanol–water partition coefficient (Wildman–Crippen LogP) is 2.64. The molecule has 0 radical (unpaired) electrons. The highest BCUT2D eigenvalue weighted by molar-refractivity contribution is 5.84. The van der Waals surface area contributed by atoms with Crippen molar-refractivity contribution >= 4 is 10.9 Å². The van der Waals surface area contributed by atoms with Crippen LogP contribution in [0.15, 0.2) is 24.3 Å². The Hall–Kier alpha value is -1.28. The molecule has 1 aromatic heterocycles. The standard InChI is InChI=1S/C14H20N2/c1-10-6-5-7-14-13(10)9-12(16(14)4)8-11(2)15-3/h5-7,9,11,15H,8H2,1-4H3. The van der Waals surface area contributed by atoms with Crippen LogP contribution in [0, 0.1) is 6.92 Å². The maximum atomic E-state index is 3.29. The van der Waals surface area contributed by atoms with Crippen molar-refractivity contribution in [3.63, 3.8) is 0 Å². The minimum Gasteiger partial charge on any atom is -0.348 e. The molecule has 1 atom stereocenters. The Morgan fingerprint density at radius 1 is 1.38 bits per heavy atom. The molecule has 0 saturated carbocycles. The highest BCUT2D eigenvalue weighted by atomic mass is 15.0. The van der Waals surface area contributed by atoms with Gasteiger partial charge in [0.05, 0.1) is 0 Å². The first-order valence-corrected chi connectivity index (χ1v) is 5.84. The minimum absolute atomic E-state index is 0.517. The molecule has 0 amide bonds. The molecule has 16 heavy (non-hydrogen) atoms. The molecule has 2 rings (SSSR count). The molecule has 0 aliphatic rings. The van der Waals surface area contributed by atoms with Crippen molar-refractivity contribution in [1.29, 1.82) is 0 Å². The Labute approximate surface area is 97.3 Å². The molecule has 0 bridgehead atoms. The number of aromatic nitrogens is 1. The summed E-state index contributed by atoms with van der Waals surface area (Å²) in [6.45, 7) is 4.39.